The van der Waals surface area contributed by atoms with Crippen molar-refractivity contribution in [3.63, 3.8) is 0 Å². The fraction of sp³-hybridized carbons (Fsp3) is 1.00. The summed E-state index contributed by atoms with van der Waals surface area (Å²) in [4.78, 5) is 0. The molecule has 0 spiro atoms. The Morgan fingerprint density at radius 1 is 1.36 bits per heavy atom. The summed E-state index contributed by atoms with van der Waals surface area (Å²) in [6.07, 6.45) is -4.67. The van der Waals surface area contributed by atoms with E-state index in [0.29, 0.717) is 13.0 Å². The molecule has 0 saturated carbocycles. The number of aliphatic hydroxyl groups is 1. The molecule has 3 nitrogen and oxygen atoms in total. The molecule has 1 unspecified atom stereocenters. The van der Waals surface area contributed by atoms with E-state index in [4.69, 9.17) is 15.6 Å². The van der Waals surface area contributed by atoms with Crippen molar-refractivity contribution in [3.05, 3.63) is 0 Å². The van der Waals surface area contributed by atoms with Gasteiger partial charge in [-0.2, -0.15) is 13.2 Å². The molecule has 0 fully saturated rings. The van der Waals surface area contributed by atoms with Crippen molar-refractivity contribution >= 4 is 0 Å². The normalized spacial score (nSPS) is 14.4. The second-order valence-corrected chi connectivity index (χ2v) is 3.07. The minimum Gasteiger partial charge on any atom is -0.396 e. The SMILES string of the molecule is NC(CCC(F)(F)F)COCCCO. The summed E-state index contributed by atoms with van der Waals surface area (Å²) >= 11 is 0. The van der Waals surface area contributed by atoms with E-state index in [2.05, 4.69) is 0 Å². The summed E-state index contributed by atoms with van der Waals surface area (Å²) in [6, 6.07) is -0.588. The van der Waals surface area contributed by atoms with Gasteiger partial charge in [-0.25, -0.2) is 0 Å². The summed E-state index contributed by atoms with van der Waals surface area (Å²) in [5, 5.41) is 8.38. The third-order valence-electron chi connectivity index (χ3n) is 1.58. The van der Waals surface area contributed by atoms with Gasteiger partial charge in [-0.05, 0) is 12.8 Å². The zero-order valence-electron chi connectivity index (χ0n) is 7.89. The number of nitrogens with two attached hydrogens (primary N) is 1. The van der Waals surface area contributed by atoms with E-state index in [1.807, 2.05) is 0 Å². The molecule has 0 bridgehead atoms. The maximum atomic E-state index is 11.7. The third-order valence-corrected chi connectivity index (χ3v) is 1.58. The first-order valence-electron chi connectivity index (χ1n) is 4.46. The average molecular weight is 215 g/mol. The maximum Gasteiger partial charge on any atom is 0.389 e. The lowest BCUT2D eigenvalue weighted by molar-refractivity contribution is -0.136. The first-order chi connectivity index (χ1) is 6.45. The average Bonchev–Trinajstić information content (AvgIpc) is 2.08. The molecule has 0 heterocycles. The van der Waals surface area contributed by atoms with E-state index in [0.717, 1.165) is 0 Å². The monoisotopic (exact) mass is 215 g/mol. The molecule has 0 saturated heterocycles. The predicted molar refractivity (Wildman–Crippen MR) is 45.8 cm³/mol. The van der Waals surface area contributed by atoms with Gasteiger partial charge in [-0.1, -0.05) is 0 Å². The fourth-order valence-corrected chi connectivity index (χ4v) is 0.834. The smallest absolute Gasteiger partial charge is 0.389 e. The zero-order chi connectivity index (χ0) is 11.0. The highest BCUT2D eigenvalue weighted by molar-refractivity contribution is 4.63. The molecule has 0 aromatic heterocycles. The molecule has 0 rings (SSSR count). The fourth-order valence-electron chi connectivity index (χ4n) is 0.834. The quantitative estimate of drug-likeness (QED) is 0.624. The van der Waals surface area contributed by atoms with E-state index in [1.165, 1.54) is 0 Å². The Balaban J connectivity index is 3.32. The highest BCUT2D eigenvalue weighted by atomic mass is 19.4. The predicted octanol–water partition coefficient (Wildman–Crippen LogP) is 1.06. The standard InChI is InChI=1S/C8H16F3NO2/c9-8(10,11)3-2-7(12)6-14-5-1-4-13/h7,13H,1-6,12H2. The van der Waals surface area contributed by atoms with Crippen molar-refractivity contribution in [2.24, 2.45) is 5.73 Å². The Labute approximate surface area is 81.0 Å². The first kappa shape index (κ1) is 13.7. The minimum absolute atomic E-state index is 0.0117. The second kappa shape index (κ2) is 7.03. The lowest BCUT2D eigenvalue weighted by Gasteiger charge is -2.13. The number of ether oxygens (including phenoxy) is 1. The molecule has 0 radical (unpaired) electrons. The van der Waals surface area contributed by atoms with E-state index in [9.17, 15) is 13.2 Å². The minimum atomic E-state index is -4.15. The molecular weight excluding hydrogens is 199 g/mol. The Morgan fingerprint density at radius 2 is 2.00 bits per heavy atom. The van der Waals surface area contributed by atoms with Gasteiger partial charge in [-0.15, -0.1) is 0 Å². The summed E-state index contributed by atoms with van der Waals surface area (Å²) in [7, 11) is 0. The Hall–Kier alpha value is -0.330. The first-order valence-corrected chi connectivity index (χ1v) is 4.46. The van der Waals surface area contributed by atoms with Crippen LogP contribution < -0.4 is 5.73 Å². The summed E-state index contributed by atoms with van der Waals surface area (Å²) in [5.41, 5.74) is 5.38. The Morgan fingerprint density at radius 3 is 2.50 bits per heavy atom. The van der Waals surface area contributed by atoms with E-state index < -0.39 is 18.6 Å². The molecule has 0 amide bonds. The van der Waals surface area contributed by atoms with E-state index >= 15 is 0 Å². The van der Waals surface area contributed by atoms with Gasteiger partial charge in [0, 0.05) is 25.7 Å². The van der Waals surface area contributed by atoms with Gasteiger partial charge in [0.05, 0.1) is 6.61 Å². The van der Waals surface area contributed by atoms with Gasteiger partial charge in [0.2, 0.25) is 0 Å². The second-order valence-electron chi connectivity index (χ2n) is 3.07. The third kappa shape index (κ3) is 9.76. The van der Waals surface area contributed by atoms with Gasteiger partial charge >= 0.3 is 6.18 Å². The highest BCUT2D eigenvalue weighted by Crippen LogP contribution is 2.21. The molecule has 6 heteroatoms. The number of halogens is 3. The van der Waals surface area contributed by atoms with Crippen LogP contribution in [0.5, 0.6) is 0 Å². The van der Waals surface area contributed by atoms with Crippen LogP contribution in [0.4, 0.5) is 13.2 Å². The van der Waals surface area contributed by atoms with Crippen molar-refractivity contribution in [1.82, 2.24) is 0 Å². The number of hydrogen-bond acceptors (Lipinski definition) is 3. The van der Waals surface area contributed by atoms with Gasteiger partial charge in [0.25, 0.3) is 0 Å². The molecule has 0 aliphatic heterocycles. The number of hydrogen-bond donors (Lipinski definition) is 2. The van der Waals surface area contributed by atoms with E-state index in [1.54, 1.807) is 0 Å². The van der Waals surface area contributed by atoms with Crippen molar-refractivity contribution in [3.8, 4) is 0 Å². The van der Waals surface area contributed by atoms with Gasteiger partial charge in [0.1, 0.15) is 0 Å². The topological polar surface area (TPSA) is 55.5 Å². The van der Waals surface area contributed by atoms with Crippen molar-refractivity contribution in [2.45, 2.75) is 31.5 Å². The highest BCUT2D eigenvalue weighted by Gasteiger charge is 2.27. The number of rotatable bonds is 7. The van der Waals surface area contributed by atoms with Crippen LogP contribution in [0.2, 0.25) is 0 Å². The Kier molecular flexibility index (Phi) is 6.86. The van der Waals surface area contributed by atoms with Crippen molar-refractivity contribution < 1.29 is 23.0 Å². The molecule has 0 aliphatic carbocycles. The summed E-state index contributed by atoms with van der Waals surface area (Å²) in [6.45, 7) is 0.448. The molecular formula is C8H16F3NO2. The van der Waals surface area contributed by atoms with Crippen LogP contribution in [-0.4, -0.2) is 37.1 Å². The van der Waals surface area contributed by atoms with Crippen LogP contribution in [0.3, 0.4) is 0 Å². The van der Waals surface area contributed by atoms with Crippen LogP contribution >= 0.6 is 0 Å². The van der Waals surface area contributed by atoms with E-state index in [-0.39, 0.29) is 19.6 Å². The van der Waals surface area contributed by atoms with Gasteiger partial charge < -0.3 is 15.6 Å². The number of alkyl halides is 3. The van der Waals surface area contributed by atoms with Gasteiger partial charge in [0.15, 0.2) is 0 Å². The largest absolute Gasteiger partial charge is 0.396 e. The number of aliphatic hydroxyl groups excluding tert-OH is 1. The molecule has 0 aromatic carbocycles. The van der Waals surface area contributed by atoms with Crippen molar-refractivity contribution in [1.29, 1.82) is 0 Å². The van der Waals surface area contributed by atoms with Crippen LogP contribution in [0.15, 0.2) is 0 Å². The summed E-state index contributed by atoms with van der Waals surface area (Å²) < 4.78 is 40.1. The lowest BCUT2D eigenvalue weighted by atomic mass is 10.2. The van der Waals surface area contributed by atoms with Crippen LogP contribution in [0.25, 0.3) is 0 Å². The molecule has 3 N–H and O–H groups in total. The maximum absolute atomic E-state index is 11.7. The van der Waals surface area contributed by atoms with Crippen molar-refractivity contribution in [2.75, 3.05) is 19.8 Å². The van der Waals surface area contributed by atoms with Crippen LogP contribution in [-0.2, 0) is 4.74 Å². The zero-order valence-corrected chi connectivity index (χ0v) is 7.89. The molecule has 14 heavy (non-hydrogen) atoms. The molecule has 0 aromatic rings. The van der Waals surface area contributed by atoms with Crippen LogP contribution in [0.1, 0.15) is 19.3 Å². The lowest BCUT2D eigenvalue weighted by Crippen LogP contribution is -2.28. The molecule has 0 aliphatic rings. The van der Waals surface area contributed by atoms with Crippen LogP contribution in [0, 0.1) is 0 Å². The Bertz CT molecular complexity index is 141. The summed E-state index contributed by atoms with van der Waals surface area (Å²) in [5.74, 6) is 0. The van der Waals surface area contributed by atoms with Gasteiger partial charge in [-0.3, -0.25) is 0 Å². The molecule has 1 atom stereocenters. The molecule has 86 valence electrons.